The fraction of sp³-hybridized carbons (Fsp3) is 0.600. The summed E-state index contributed by atoms with van der Waals surface area (Å²) in [6, 6.07) is 3.60. The smallest absolute Gasteiger partial charge is 0.240 e. The molecule has 20 heavy (non-hydrogen) atoms. The van der Waals surface area contributed by atoms with E-state index >= 15 is 0 Å². The van der Waals surface area contributed by atoms with Crippen molar-refractivity contribution >= 4 is 10.0 Å². The summed E-state index contributed by atoms with van der Waals surface area (Å²) in [6.07, 6.45) is 2.22. The van der Waals surface area contributed by atoms with Crippen molar-refractivity contribution in [1.82, 2.24) is 4.72 Å². The molecule has 0 aliphatic heterocycles. The van der Waals surface area contributed by atoms with Gasteiger partial charge in [-0.3, -0.25) is 0 Å². The van der Waals surface area contributed by atoms with Gasteiger partial charge in [0, 0.05) is 6.54 Å². The number of hydrogen-bond acceptors (Lipinski definition) is 3. The third kappa shape index (κ3) is 3.59. The molecule has 0 radical (unpaired) electrons. The van der Waals surface area contributed by atoms with E-state index in [9.17, 15) is 13.5 Å². The molecule has 1 atom stereocenters. The van der Waals surface area contributed by atoms with Gasteiger partial charge < -0.3 is 5.11 Å². The lowest BCUT2D eigenvalue weighted by atomic mass is 10.1. The quantitative estimate of drug-likeness (QED) is 0.844. The van der Waals surface area contributed by atoms with Gasteiger partial charge in [0.2, 0.25) is 10.0 Å². The molecule has 0 heterocycles. The average Bonchev–Trinajstić information content (AvgIpc) is 3.17. The Bertz CT molecular complexity index is 591. The molecule has 1 aromatic rings. The molecule has 2 N–H and O–H groups in total. The largest absolute Gasteiger partial charge is 0.393 e. The first kappa shape index (κ1) is 15.5. The summed E-state index contributed by atoms with van der Waals surface area (Å²) in [5, 5.41) is 9.76. The molecule has 0 spiro atoms. The van der Waals surface area contributed by atoms with Crippen LogP contribution in [0.1, 0.15) is 36.0 Å². The van der Waals surface area contributed by atoms with E-state index in [1.54, 1.807) is 13.0 Å². The van der Waals surface area contributed by atoms with Crippen molar-refractivity contribution in [2.45, 2.75) is 51.0 Å². The van der Waals surface area contributed by atoms with Crippen LogP contribution in [-0.2, 0) is 10.0 Å². The summed E-state index contributed by atoms with van der Waals surface area (Å²) in [5.74, 6) is 0.378. The van der Waals surface area contributed by atoms with Crippen LogP contribution in [0.15, 0.2) is 17.0 Å². The molecule has 1 aliphatic rings. The van der Waals surface area contributed by atoms with Gasteiger partial charge in [0.1, 0.15) is 0 Å². The van der Waals surface area contributed by atoms with Crippen molar-refractivity contribution in [2.75, 3.05) is 6.54 Å². The van der Waals surface area contributed by atoms with Crippen LogP contribution in [0.4, 0.5) is 0 Å². The van der Waals surface area contributed by atoms with Crippen LogP contribution < -0.4 is 4.72 Å². The topological polar surface area (TPSA) is 66.4 Å². The van der Waals surface area contributed by atoms with E-state index in [4.69, 9.17) is 0 Å². The monoisotopic (exact) mass is 297 g/mol. The van der Waals surface area contributed by atoms with Crippen LogP contribution in [0.3, 0.4) is 0 Å². The van der Waals surface area contributed by atoms with Crippen LogP contribution in [0.2, 0.25) is 0 Å². The SMILES string of the molecule is Cc1cc(C)c(S(=O)(=O)NCCC(O)C2CC2)cc1C. The number of sulfonamides is 1. The van der Waals surface area contributed by atoms with Gasteiger partial charge in [0.25, 0.3) is 0 Å². The number of rotatable bonds is 6. The summed E-state index contributed by atoms with van der Waals surface area (Å²) in [4.78, 5) is 0.335. The van der Waals surface area contributed by atoms with Crippen LogP contribution in [0.25, 0.3) is 0 Å². The lowest BCUT2D eigenvalue weighted by molar-refractivity contribution is 0.143. The van der Waals surface area contributed by atoms with Crippen LogP contribution in [0.5, 0.6) is 0 Å². The van der Waals surface area contributed by atoms with E-state index in [2.05, 4.69) is 4.72 Å². The van der Waals surface area contributed by atoms with Gasteiger partial charge in [-0.15, -0.1) is 0 Å². The van der Waals surface area contributed by atoms with Crippen molar-refractivity contribution in [1.29, 1.82) is 0 Å². The zero-order valence-electron chi connectivity index (χ0n) is 12.3. The first-order chi connectivity index (χ1) is 9.31. The van der Waals surface area contributed by atoms with Crippen molar-refractivity contribution in [3.8, 4) is 0 Å². The first-order valence-electron chi connectivity index (χ1n) is 7.07. The Hall–Kier alpha value is -0.910. The van der Waals surface area contributed by atoms with Crippen molar-refractivity contribution in [3.05, 3.63) is 28.8 Å². The van der Waals surface area contributed by atoms with Crippen LogP contribution in [0, 0.1) is 26.7 Å². The predicted molar refractivity (Wildman–Crippen MR) is 79.2 cm³/mol. The number of aryl methyl sites for hydroxylation is 3. The normalized spacial score (nSPS) is 17.2. The van der Waals surface area contributed by atoms with Crippen molar-refractivity contribution in [2.24, 2.45) is 5.92 Å². The Kier molecular flexibility index (Phi) is 4.52. The highest BCUT2D eigenvalue weighted by atomic mass is 32.2. The van der Waals surface area contributed by atoms with Crippen LogP contribution in [-0.4, -0.2) is 26.2 Å². The number of benzene rings is 1. The molecular formula is C15H23NO3S. The number of hydrogen-bond donors (Lipinski definition) is 2. The van der Waals surface area contributed by atoms with Gasteiger partial charge >= 0.3 is 0 Å². The van der Waals surface area contributed by atoms with Gasteiger partial charge in [0.05, 0.1) is 11.0 Å². The minimum absolute atomic E-state index is 0.284. The van der Waals surface area contributed by atoms with Gasteiger partial charge in [-0.25, -0.2) is 13.1 Å². The summed E-state index contributed by atoms with van der Waals surface area (Å²) < 4.78 is 27.2. The van der Waals surface area contributed by atoms with E-state index in [-0.39, 0.29) is 12.6 Å². The molecule has 1 unspecified atom stereocenters. The van der Waals surface area contributed by atoms with E-state index in [0.29, 0.717) is 17.2 Å². The number of nitrogens with one attached hydrogen (secondary N) is 1. The van der Waals surface area contributed by atoms with Gasteiger partial charge in [-0.05, 0) is 68.7 Å². The highest BCUT2D eigenvalue weighted by Gasteiger charge is 2.29. The molecule has 1 aliphatic carbocycles. The molecule has 5 heteroatoms. The van der Waals surface area contributed by atoms with Gasteiger partial charge in [0.15, 0.2) is 0 Å². The van der Waals surface area contributed by atoms with Gasteiger partial charge in [-0.1, -0.05) is 6.07 Å². The van der Waals surface area contributed by atoms with Crippen molar-refractivity contribution in [3.63, 3.8) is 0 Å². The Morgan fingerprint density at radius 1 is 1.20 bits per heavy atom. The molecule has 0 bridgehead atoms. The lowest BCUT2D eigenvalue weighted by Crippen LogP contribution is -2.28. The molecule has 112 valence electrons. The first-order valence-corrected chi connectivity index (χ1v) is 8.55. The molecule has 0 amide bonds. The Labute approximate surface area is 121 Å². The minimum Gasteiger partial charge on any atom is -0.393 e. The minimum atomic E-state index is -3.49. The zero-order chi connectivity index (χ0) is 14.9. The fourth-order valence-electron chi connectivity index (χ4n) is 2.36. The maximum absolute atomic E-state index is 12.3. The Balaban J connectivity index is 2.04. The second kappa shape index (κ2) is 5.84. The van der Waals surface area contributed by atoms with E-state index in [1.165, 1.54) is 0 Å². The van der Waals surface area contributed by atoms with Crippen molar-refractivity contribution < 1.29 is 13.5 Å². The third-order valence-corrected chi connectivity index (χ3v) is 5.58. The van der Waals surface area contributed by atoms with E-state index < -0.39 is 10.0 Å². The molecule has 0 aromatic heterocycles. The van der Waals surface area contributed by atoms with Gasteiger partial charge in [-0.2, -0.15) is 0 Å². The second-order valence-corrected chi connectivity index (χ2v) is 7.53. The summed E-state index contributed by atoms with van der Waals surface area (Å²) in [5.41, 5.74) is 2.81. The predicted octanol–water partition coefficient (Wildman–Crippen LogP) is 2.05. The average molecular weight is 297 g/mol. The third-order valence-electron chi connectivity index (χ3n) is 3.98. The molecule has 0 saturated heterocycles. The maximum Gasteiger partial charge on any atom is 0.240 e. The summed E-state index contributed by atoms with van der Waals surface area (Å²) >= 11 is 0. The molecule has 1 aromatic carbocycles. The summed E-state index contributed by atoms with van der Waals surface area (Å²) in [7, 11) is -3.49. The number of aliphatic hydroxyl groups excluding tert-OH is 1. The summed E-state index contributed by atoms with van der Waals surface area (Å²) in [6.45, 7) is 5.97. The highest BCUT2D eigenvalue weighted by molar-refractivity contribution is 7.89. The molecular weight excluding hydrogens is 274 g/mol. The molecule has 4 nitrogen and oxygen atoms in total. The second-order valence-electron chi connectivity index (χ2n) is 5.79. The highest BCUT2D eigenvalue weighted by Crippen LogP contribution is 2.33. The van der Waals surface area contributed by atoms with E-state index in [1.807, 2.05) is 19.9 Å². The molecule has 2 rings (SSSR count). The maximum atomic E-state index is 12.3. The van der Waals surface area contributed by atoms with E-state index in [0.717, 1.165) is 29.5 Å². The lowest BCUT2D eigenvalue weighted by Gasteiger charge is -2.13. The standard InChI is InChI=1S/C15H23NO3S/c1-10-8-12(3)15(9-11(10)2)20(18,19)16-7-6-14(17)13-4-5-13/h8-9,13-14,16-17H,4-7H2,1-3H3. The Morgan fingerprint density at radius 2 is 1.80 bits per heavy atom. The molecule has 1 saturated carbocycles. The number of aliphatic hydroxyl groups is 1. The fourth-order valence-corrected chi connectivity index (χ4v) is 3.72. The Morgan fingerprint density at radius 3 is 2.40 bits per heavy atom. The zero-order valence-corrected chi connectivity index (χ0v) is 13.1. The molecule has 1 fully saturated rings. The van der Waals surface area contributed by atoms with Crippen LogP contribution >= 0.6 is 0 Å².